The van der Waals surface area contributed by atoms with Gasteiger partial charge in [-0.3, -0.25) is 29.3 Å². The number of anilines is 2. The van der Waals surface area contributed by atoms with E-state index in [1.165, 1.54) is 31.4 Å². The highest BCUT2D eigenvalue weighted by molar-refractivity contribution is 6.05. The Labute approximate surface area is 485 Å². The third-order valence-electron chi connectivity index (χ3n) is 17.9. The zero-order valence-electron chi connectivity index (χ0n) is 49.3. The van der Waals surface area contributed by atoms with Crippen molar-refractivity contribution in [2.45, 2.75) is 129 Å². The molecular weight excluding hydrogens is 1060 g/mol. The number of nitrogens with one attached hydrogen (secondary N) is 1. The normalized spacial score (nSPS) is 20.9. The SMILES string of the molecule is CC.CCc1c(F)ccc2cc(O)cc(-c3nc4c5c(nc(OCC67CCCN6CCC7)nc5c3F)N3CCCOCC3C=C4C)c12.COC.Cn1nc(C2CCC(=O)NC2=O)c2ccc(N3CCC(CC4CCN(C=O)CC4)CC3)nc21. The van der Waals surface area contributed by atoms with Gasteiger partial charge in [0.2, 0.25) is 18.2 Å². The van der Waals surface area contributed by atoms with Gasteiger partial charge >= 0.3 is 6.01 Å². The standard InChI is InChI=1S/C35H37F2N5O3.C24H32N6O3.C2H6O.C2H6/c1-3-24-26(36)8-7-21-16-23(43)17-25(27(21)24)31-29(37)32-28-30(38-31)20(2)15-22-18-44-14-6-13-42(22)33(28)40-34(39-32)45-19-35-9-4-11-41(35)12-5-10-35;1-28-23-18(22(27-28)19-3-5-21(32)26-24(19)33)2-4-20(25-23)30-12-8-17(9-13-30)14-16-6-10-29(15-31)11-7-16;1-3-2;1-2/h7-8,15-17,22,43H,3-6,9-14,18-19H2,1-2H3;2,4,15-17,19H,3,5-14H2,1H3,(H,26,32,33);1-2H3;1-2H3. The maximum Gasteiger partial charge on any atom is 0.319 e. The Kier molecular flexibility index (Phi) is 18.5. The number of fused-ring (bicyclic) bond motifs is 5. The molecule has 3 amide bonds. The number of phenolic OH excluding ortho intramolecular Hbond substituents is 1. The summed E-state index contributed by atoms with van der Waals surface area (Å²) in [6, 6.07) is 10.1. The van der Waals surface area contributed by atoms with Gasteiger partial charge in [0.15, 0.2) is 11.5 Å². The number of carbonyl (C=O) groups excluding carboxylic acids is 3. The summed E-state index contributed by atoms with van der Waals surface area (Å²) in [6.07, 6.45) is 15.4. The number of halogens is 2. The summed E-state index contributed by atoms with van der Waals surface area (Å²) in [5.74, 6) is 1.04. The number of pyridine rings is 2. The maximum atomic E-state index is 17.1. The molecule has 7 aliphatic rings. The first-order chi connectivity index (χ1) is 40.3. The number of rotatable bonds is 10. The van der Waals surface area contributed by atoms with Crippen LogP contribution in [0.15, 0.2) is 42.5 Å². The minimum atomic E-state index is -0.653. The Morgan fingerprint density at radius 2 is 1.59 bits per heavy atom. The lowest BCUT2D eigenvalue weighted by molar-refractivity contribution is -0.134. The van der Waals surface area contributed by atoms with Gasteiger partial charge in [0.1, 0.15) is 41.0 Å². The number of methoxy groups -OCH3 is 1. The monoisotopic (exact) mass is 1140 g/mol. The lowest BCUT2D eigenvalue weighted by atomic mass is 9.83. The van der Waals surface area contributed by atoms with Crippen LogP contribution in [0.5, 0.6) is 11.8 Å². The number of aromatic hydroxyl groups is 1. The molecule has 0 bridgehead atoms. The average molecular weight is 1140 g/mol. The van der Waals surface area contributed by atoms with E-state index in [4.69, 9.17) is 29.4 Å². The number of likely N-dealkylation sites (tertiary alicyclic amines) is 1. The molecule has 2 unspecified atom stereocenters. The van der Waals surface area contributed by atoms with E-state index < -0.39 is 11.7 Å². The van der Waals surface area contributed by atoms with E-state index in [0.29, 0.717) is 90.1 Å². The van der Waals surface area contributed by atoms with Crippen LogP contribution in [-0.4, -0.2) is 154 Å². The first kappa shape index (κ1) is 59.3. The number of phenols is 1. The van der Waals surface area contributed by atoms with E-state index >= 15 is 8.78 Å². The molecule has 2 N–H and O–H groups in total. The number of hydrogen-bond donors (Lipinski definition) is 2. The molecule has 0 saturated carbocycles. The maximum absolute atomic E-state index is 17.1. The second-order valence-electron chi connectivity index (χ2n) is 23.1. The highest BCUT2D eigenvalue weighted by Gasteiger charge is 2.45. The first-order valence-corrected chi connectivity index (χ1v) is 30.1. The van der Waals surface area contributed by atoms with Crippen molar-refractivity contribution < 1.29 is 42.5 Å². The van der Waals surface area contributed by atoms with Gasteiger partial charge in [-0.05, 0) is 161 Å². The van der Waals surface area contributed by atoms with Crippen molar-refractivity contribution in [2.24, 2.45) is 18.9 Å². The molecular formula is C63H81F2N11O7. The molecule has 6 saturated heterocycles. The number of allylic oxidation sites excluding steroid dienone is 1. The van der Waals surface area contributed by atoms with E-state index in [0.717, 1.165) is 125 Å². The molecule has 444 valence electrons. The van der Waals surface area contributed by atoms with Crippen molar-refractivity contribution in [3.8, 4) is 23.0 Å². The lowest BCUT2D eigenvalue weighted by Crippen LogP contribution is -2.43. The van der Waals surface area contributed by atoms with Crippen LogP contribution in [-0.2, 0) is 37.3 Å². The molecule has 2 atom stereocenters. The van der Waals surface area contributed by atoms with Crippen LogP contribution in [0, 0.1) is 23.5 Å². The number of nitrogens with zero attached hydrogens (tertiary/aromatic N) is 10. The minimum Gasteiger partial charge on any atom is -0.508 e. The van der Waals surface area contributed by atoms with Crippen molar-refractivity contribution in [3.05, 3.63) is 71.1 Å². The molecule has 20 heteroatoms. The molecule has 6 aromatic rings. The molecule has 2 aromatic carbocycles. The molecule has 4 aromatic heterocycles. The molecule has 7 aliphatic heterocycles. The third-order valence-corrected chi connectivity index (χ3v) is 17.9. The Hall–Kier alpha value is -6.90. The number of hydrogen-bond acceptors (Lipinski definition) is 15. The fourth-order valence-electron chi connectivity index (χ4n) is 13.8. The third kappa shape index (κ3) is 12.1. The summed E-state index contributed by atoms with van der Waals surface area (Å²) in [7, 11) is 5.11. The van der Waals surface area contributed by atoms with Crippen molar-refractivity contribution in [3.63, 3.8) is 0 Å². The van der Waals surface area contributed by atoms with Crippen molar-refractivity contribution in [1.29, 1.82) is 0 Å². The van der Waals surface area contributed by atoms with Crippen LogP contribution >= 0.6 is 0 Å². The van der Waals surface area contributed by atoms with Gasteiger partial charge in [0, 0.05) is 78.0 Å². The minimum absolute atomic E-state index is 0.00625. The van der Waals surface area contributed by atoms with Crippen molar-refractivity contribution in [2.75, 3.05) is 89.7 Å². The molecule has 83 heavy (non-hydrogen) atoms. The highest BCUT2D eigenvalue weighted by atomic mass is 19.1. The number of aryl methyl sites for hydroxylation is 2. The number of benzene rings is 2. The van der Waals surface area contributed by atoms with E-state index in [-0.39, 0.29) is 52.2 Å². The molecule has 0 spiro atoms. The van der Waals surface area contributed by atoms with Gasteiger partial charge in [-0.25, -0.2) is 18.7 Å². The van der Waals surface area contributed by atoms with Crippen LogP contribution in [0.25, 0.3) is 49.5 Å². The Bertz CT molecular complexity index is 3370. The zero-order chi connectivity index (χ0) is 58.5. The van der Waals surface area contributed by atoms with E-state index in [1.54, 1.807) is 31.0 Å². The van der Waals surface area contributed by atoms with Crippen molar-refractivity contribution in [1.82, 2.24) is 44.8 Å². The van der Waals surface area contributed by atoms with Gasteiger partial charge in [-0.1, -0.05) is 32.9 Å². The summed E-state index contributed by atoms with van der Waals surface area (Å²) < 4.78 is 50.6. The number of aromatic nitrogens is 6. The smallest absolute Gasteiger partial charge is 0.319 e. The second kappa shape index (κ2) is 25.9. The van der Waals surface area contributed by atoms with Gasteiger partial charge in [0.25, 0.3) is 0 Å². The molecule has 13 rings (SSSR count). The Balaban J connectivity index is 0.000000179. The van der Waals surface area contributed by atoms with Crippen molar-refractivity contribution >= 4 is 68.1 Å². The Morgan fingerprint density at radius 3 is 2.29 bits per heavy atom. The fourth-order valence-corrected chi connectivity index (χ4v) is 13.8. The highest BCUT2D eigenvalue weighted by Crippen LogP contribution is 2.45. The summed E-state index contributed by atoms with van der Waals surface area (Å²) in [6.45, 7) is 16.0. The zero-order valence-corrected chi connectivity index (χ0v) is 49.3. The summed E-state index contributed by atoms with van der Waals surface area (Å²) in [4.78, 5) is 63.2. The number of carbonyl (C=O) groups is 3. The number of ether oxygens (including phenoxy) is 3. The van der Waals surface area contributed by atoms with Gasteiger partial charge in [0.05, 0.1) is 40.9 Å². The number of amides is 3. The molecule has 0 radical (unpaired) electrons. The second-order valence-corrected chi connectivity index (χ2v) is 23.1. The Morgan fingerprint density at radius 1 is 0.867 bits per heavy atom. The predicted octanol–water partition coefficient (Wildman–Crippen LogP) is 9.66. The van der Waals surface area contributed by atoms with Gasteiger partial charge in [-0.15, -0.1) is 0 Å². The van der Waals surface area contributed by atoms with Gasteiger partial charge < -0.3 is 34.0 Å². The first-order valence-electron chi connectivity index (χ1n) is 30.1. The van der Waals surface area contributed by atoms with Crippen LogP contribution in [0.4, 0.5) is 20.4 Å². The van der Waals surface area contributed by atoms with Crippen LogP contribution in [0.2, 0.25) is 0 Å². The van der Waals surface area contributed by atoms with Crippen LogP contribution < -0.4 is 19.9 Å². The average Bonchev–Trinajstić information content (AvgIpc) is 2.44. The molecule has 6 fully saturated rings. The van der Waals surface area contributed by atoms with E-state index in [1.807, 2.05) is 51.8 Å². The quantitative estimate of drug-likeness (QED) is 0.0972. The fraction of sp³-hybridized carbons (Fsp3) is 0.556. The molecule has 0 aliphatic carbocycles. The van der Waals surface area contributed by atoms with Gasteiger partial charge in [-0.2, -0.15) is 15.1 Å². The van der Waals surface area contributed by atoms with E-state index in [9.17, 15) is 19.5 Å². The lowest BCUT2D eigenvalue weighted by Gasteiger charge is -2.36. The molecule has 18 nitrogen and oxygen atoms in total. The van der Waals surface area contributed by atoms with Crippen LogP contribution in [0.3, 0.4) is 0 Å². The topological polar surface area (TPSA) is 194 Å². The van der Waals surface area contributed by atoms with Crippen LogP contribution in [0.1, 0.15) is 128 Å². The molecule has 11 heterocycles. The summed E-state index contributed by atoms with van der Waals surface area (Å²) in [5, 5.41) is 20.3. The van der Waals surface area contributed by atoms with E-state index in [2.05, 4.69) is 35.9 Å². The number of imide groups is 1. The summed E-state index contributed by atoms with van der Waals surface area (Å²) in [5.41, 5.74) is 3.72. The largest absolute Gasteiger partial charge is 0.508 e. The summed E-state index contributed by atoms with van der Waals surface area (Å²) >= 11 is 0. The number of piperidine rings is 3. The predicted molar refractivity (Wildman–Crippen MR) is 318 cm³/mol.